The van der Waals surface area contributed by atoms with Crippen molar-refractivity contribution in [2.45, 2.75) is 31.2 Å². The van der Waals surface area contributed by atoms with Crippen LogP contribution in [0.4, 0.5) is 0 Å². The second kappa shape index (κ2) is 5.29. The maximum Gasteiger partial charge on any atom is 0.115 e. The molecule has 0 aliphatic heterocycles. The molecule has 3 heteroatoms. The highest BCUT2D eigenvalue weighted by atomic mass is 16.3. The number of hydrogen-bond acceptors (Lipinski definition) is 3. The van der Waals surface area contributed by atoms with Crippen molar-refractivity contribution in [1.29, 1.82) is 0 Å². The van der Waals surface area contributed by atoms with Gasteiger partial charge in [0.15, 0.2) is 0 Å². The Morgan fingerprint density at radius 3 is 3.17 bits per heavy atom. The fourth-order valence-electron chi connectivity index (χ4n) is 2.39. The molecule has 0 spiro atoms. The lowest BCUT2D eigenvalue weighted by molar-refractivity contribution is -0.0619. The topological polar surface area (TPSA) is 43.7 Å². The van der Waals surface area contributed by atoms with E-state index in [1.165, 1.54) is 31.3 Å². The zero-order chi connectivity index (χ0) is 18.4. The lowest BCUT2D eigenvalue weighted by atomic mass is 9.71. The summed E-state index contributed by atoms with van der Waals surface area (Å²) in [6.45, 7) is -2.77. The minimum absolute atomic E-state index is 0.0528. The van der Waals surface area contributed by atoms with Crippen LogP contribution in [0, 0.1) is 5.89 Å². The summed E-state index contributed by atoms with van der Waals surface area (Å²) in [5.41, 5.74) is -2.16. The van der Waals surface area contributed by atoms with Gasteiger partial charge in [-0.15, -0.1) is 0 Å². The first-order valence-electron chi connectivity index (χ1n) is 9.07. The van der Waals surface area contributed by atoms with Gasteiger partial charge in [0.2, 0.25) is 0 Å². The van der Waals surface area contributed by atoms with Crippen LogP contribution in [0.3, 0.4) is 0 Å². The maximum atomic E-state index is 11.3. The van der Waals surface area contributed by atoms with E-state index < -0.39 is 24.8 Å². The van der Waals surface area contributed by atoms with Crippen molar-refractivity contribution in [3.05, 3.63) is 29.8 Å². The van der Waals surface area contributed by atoms with Gasteiger partial charge in [-0.1, -0.05) is 25.0 Å². The molecule has 2 N–H and O–H groups in total. The molecule has 0 radical (unpaired) electrons. The van der Waals surface area contributed by atoms with Crippen LogP contribution in [0.15, 0.2) is 24.3 Å². The van der Waals surface area contributed by atoms with Crippen LogP contribution in [0.5, 0.6) is 5.75 Å². The lowest BCUT2D eigenvalue weighted by Gasteiger charge is -2.41. The van der Waals surface area contributed by atoms with Crippen molar-refractivity contribution in [2.75, 3.05) is 20.6 Å². The van der Waals surface area contributed by atoms with E-state index in [4.69, 9.17) is 8.22 Å². The molecule has 1 saturated carbocycles. The summed E-state index contributed by atoms with van der Waals surface area (Å²) in [5.74, 6) is -1.92. The normalized spacial score (nSPS) is 41.1. The van der Waals surface area contributed by atoms with Gasteiger partial charge in [-0.05, 0) is 44.5 Å². The third kappa shape index (κ3) is 2.68. The molecule has 1 fully saturated rings. The van der Waals surface area contributed by atoms with Gasteiger partial charge in [0.05, 0.1) is 5.60 Å². The van der Waals surface area contributed by atoms with Crippen molar-refractivity contribution in [3.8, 4) is 5.75 Å². The fourth-order valence-corrected chi connectivity index (χ4v) is 2.39. The van der Waals surface area contributed by atoms with Gasteiger partial charge in [0.25, 0.3) is 0 Å². The first-order valence-corrected chi connectivity index (χ1v) is 6.07. The summed E-state index contributed by atoms with van der Waals surface area (Å²) in [5, 5.41) is 21.1. The van der Waals surface area contributed by atoms with Crippen LogP contribution in [-0.4, -0.2) is 35.7 Å². The van der Waals surface area contributed by atoms with Gasteiger partial charge in [0, 0.05) is 20.7 Å². The molecular formula is C15H23NO2. The van der Waals surface area contributed by atoms with E-state index in [9.17, 15) is 10.2 Å². The molecular weight excluding hydrogens is 226 g/mol. The highest BCUT2D eigenvalue weighted by Crippen LogP contribution is 2.42. The molecule has 0 unspecified atom stereocenters. The summed E-state index contributed by atoms with van der Waals surface area (Å²) in [6, 6.07) is 5.57. The third-order valence-electron chi connectivity index (χ3n) is 3.24. The predicted octanol–water partition coefficient (Wildman–Crippen LogP) is 2.33. The minimum atomic E-state index is -2.45. The van der Waals surface area contributed by atoms with E-state index in [0.717, 1.165) is 4.90 Å². The lowest BCUT2D eigenvalue weighted by Crippen LogP contribution is -2.43. The summed E-state index contributed by atoms with van der Waals surface area (Å²) in [4.78, 5) is 0.981. The van der Waals surface area contributed by atoms with E-state index in [2.05, 4.69) is 0 Å². The Morgan fingerprint density at radius 1 is 1.61 bits per heavy atom. The van der Waals surface area contributed by atoms with E-state index in [0.29, 0.717) is 6.42 Å². The van der Waals surface area contributed by atoms with Crippen LogP contribution < -0.4 is 0 Å². The van der Waals surface area contributed by atoms with E-state index in [-0.39, 0.29) is 30.7 Å². The van der Waals surface area contributed by atoms with Gasteiger partial charge >= 0.3 is 0 Å². The van der Waals surface area contributed by atoms with E-state index >= 15 is 0 Å². The summed E-state index contributed by atoms with van der Waals surface area (Å²) < 4.78 is 47.8. The number of phenolic OH excluding ortho intramolecular Hbond substituents is 1. The molecule has 2 atom stereocenters. The zero-order valence-corrected chi connectivity index (χ0v) is 10.5. The largest absolute Gasteiger partial charge is 0.508 e. The number of aromatic hydroxyl groups is 1. The van der Waals surface area contributed by atoms with Crippen molar-refractivity contribution in [3.63, 3.8) is 0 Å². The molecule has 2 rings (SSSR count). The second-order valence-corrected chi connectivity index (χ2v) is 4.75. The monoisotopic (exact) mass is 255 g/mol. The molecule has 3 nitrogen and oxygen atoms in total. The van der Waals surface area contributed by atoms with Crippen LogP contribution in [-0.2, 0) is 5.60 Å². The third-order valence-corrected chi connectivity index (χ3v) is 3.24. The molecule has 1 aromatic carbocycles. The van der Waals surface area contributed by atoms with E-state index in [1.807, 2.05) is 0 Å². The van der Waals surface area contributed by atoms with Gasteiger partial charge < -0.3 is 15.1 Å². The first-order chi connectivity index (χ1) is 10.8. The smallest absolute Gasteiger partial charge is 0.115 e. The second-order valence-electron chi connectivity index (χ2n) is 4.75. The summed E-state index contributed by atoms with van der Waals surface area (Å²) in [7, 11) is 1.33. The van der Waals surface area contributed by atoms with Crippen molar-refractivity contribution in [2.24, 2.45) is 5.89 Å². The molecule has 0 amide bonds. The molecule has 0 saturated heterocycles. The van der Waals surface area contributed by atoms with Crippen LogP contribution in [0.2, 0.25) is 0 Å². The quantitative estimate of drug-likeness (QED) is 0.871. The number of phenols is 1. The average Bonchev–Trinajstić information content (AvgIpc) is 2.43. The summed E-state index contributed by atoms with van der Waals surface area (Å²) in [6.07, 6.45) is -1.56. The molecule has 0 bridgehead atoms. The number of nitrogens with zero attached hydrogens (tertiary/aromatic N) is 1. The average molecular weight is 255 g/mol. The van der Waals surface area contributed by atoms with Crippen LogP contribution in [0.25, 0.3) is 0 Å². The number of rotatable bonds is 3. The molecule has 0 aromatic heterocycles. The number of benzene rings is 1. The Labute approximate surface area is 117 Å². The molecule has 18 heavy (non-hydrogen) atoms. The Bertz CT molecular complexity index is 608. The summed E-state index contributed by atoms with van der Waals surface area (Å²) >= 11 is 0. The Balaban J connectivity index is 2.55. The molecule has 1 aliphatic rings. The molecule has 0 heterocycles. The molecule has 1 aliphatic carbocycles. The van der Waals surface area contributed by atoms with Gasteiger partial charge in [0.1, 0.15) is 5.75 Å². The van der Waals surface area contributed by atoms with Gasteiger partial charge in [-0.3, -0.25) is 0 Å². The van der Waals surface area contributed by atoms with Crippen LogP contribution >= 0.6 is 0 Å². The number of aliphatic hydroxyl groups is 1. The first kappa shape index (κ1) is 7.51. The van der Waals surface area contributed by atoms with Crippen molar-refractivity contribution in [1.82, 2.24) is 4.90 Å². The highest BCUT2D eigenvalue weighted by Gasteiger charge is 2.40. The van der Waals surface area contributed by atoms with Crippen molar-refractivity contribution < 1.29 is 18.4 Å². The highest BCUT2D eigenvalue weighted by molar-refractivity contribution is 5.32. The Hall–Kier alpha value is -1.06. The van der Waals surface area contributed by atoms with Gasteiger partial charge in [-0.2, -0.15) is 0 Å². The van der Waals surface area contributed by atoms with Crippen LogP contribution in [0.1, 0.15) is 39.4 Å². The SMILES string of the molecule is [2H]C([2H])([2H])N(C)C[C@]1([2H])CCCC([2H])([2H])[C@@]1(O)c1cccc(O)c1. The predicted molar refractivity (Wildman–Crippen MR) is 72.5 cm³/mol. The fraction of sp³-hybridized carbons (Fsp3) is 0.600. The standard InChI is InChI=1S/C15H23NO2/c1-16(2)11-13-6-3-4-9-15(13,18)12-7-5-8-14(17)10-12/h5,7-8,10,13,17-18H,3-4,6,9,11H2,1-2H3/t13-,15+/m0/s1/i1D3,9D2,13D. The van der Waals surface area contributed by atoms with E-state index in [1.54, 1.807) is 0 Å². The Kier molecular flexibility index (Phi) is 2.21. The molecule has 100 valence electrons. The Morgan fingerprint density at radius 2 is 2.44 bits per heavy atom. The zero-order valence-electron chi connectivity index (χ0n) is 16.5. The molecule has 1 aromatic rings. The van der Waals surface area contributed by atoms with Crippen molar-refractivity contribution >= 4 is 0 Å². The number of hydrogen-bond donors (Lipinski definition) is 2. The maximum absolute atomic E-state index is 11.3. The van der Waals surface area contributed by atoms with Gasteiger partial charge in [-0.25, -0.2) is 0 Å². The minimum Gasteiger partial charge on any atom is -0.508 e.